The number of amides is 1. The van der Waals surface area contributed by atoms with E-state index in [9.17, 15) is 19.1 Å². The van der Waals surface area contributed by atoms with Crippen molar-refractivity contribution < 1.29 is 32.7 Å². The van der Waals surface area contributed by atoms with Gasteiger partial charge < -0.3 is 24.0 Å². The zero-order valence-electron chi connectivity index (χ0n) is 20.6. The molecule has 11 heteroatoms. The molecule has 0 bridgehead atoms. The van der Waals surface area contributed by atoms with Crippen LogP contribution in [0.15, 0.2) is 63.8 Å². The molecular weight excluding hydrogens is 483 g/mol. The number of nitrogens with one attached hydrogen (secondary N) is 1. The van der Waals surface area contributed by atoms with Gasteiger partial charge in [0.05, 0.1) is 11.8 Å². The van der Waals surface area contributed by atoms with Crippen LogP contribution >= 0.6 is 0 Å². The number of nitrogens with zero attached hydrogens (tertiary/aromatic N) is 3. The van der Waals surface area contributed by atoms with Gasteiger partial charge in [-0.25, -0.2) is 19.0 Å². The van der Waals surface area contributed by atoms with E-state index in [4.69, 9.17) is 13.6 Å². The summed E-state index contributed by atoms with van der Waals surface area (Å²) in [6.45, 7) is 6.87. The SMILES string of the molecule is CC(C)(C)OC(=O)N[C@](C)(Cc1ccc(F)cc1)c1nnc(-c2cc(C(=O)O)cc(-c3ncco3)c2)o1. The Morgan fingerprint density at radius 2 is 1.70 bits per heavy atom. The van der Waals surface area contributed by atoms with Crippen molar-refractivity contribution in [1.82, 2.24) is 20.5 Å². The molecule has 4 aromatic rings. The fourth-order valence-corrected chi connectivity index (χ4v) is 3.64. The summed E-state index contributed by atoms with van der Waals surface area (Å²) in [4.78, 5) is 28.5. The molecule has 1 amide bonds. The summed E-state index contributed by atoms with van der Waals surface area (Å²) in [7, 11) is 0. The number of rotatable bonds is 7. The first-order valence-corrected chi connectivity index (χ1v) is 11.3. The quantitative estimate of drug-likeness (QED) is 0.344. The number of hydrogen-bond donors (Lipinski definition) is 2. The molecule has 2 heterocycles. The van der Waals surface area contributed by atoms with Gasteiger partial charge >= 0.3 is 12.1 Å². The van der Waals surface area contributed by atoms with Gasteiger partial charge in [-0.15, -0.1) is 10.2 Å². The molecule has 0 aliphatic rings. The molecule has 0 unspecified atom stereocenters. The number of hydrogen-bond acceptors (Lipinski definition) is 8. The van der Waals surface area contributed by atoms with E-state index in [1.807, 2.05) is 0 Å². The normalized spacial score (nSPS) is 13.1. The van der Waals surface area contributed by atoms with Crippen LogP contribution in [0.1, 0.15) is 49.5 Å². The largest absolute Gasteiger partial charge is 0.478 e. The van der Waals surface area contributed by atoms with Crippen molar-refractivity contribution in [2.75, 3.05) is 0 Å². The van der Waals surface area contributed by atoms with E-state index < -0.39 is 29.0 Å². The maximum Gasteiger partial charge on any atom is 0.408 e. The fourth-order valence-electron chi connectivity index (χ4n) is 3.64. The van der Waals surface area contributed by atoms with Gasteiger partial charge in [-0.2, -0.15) is 0 Å². The van der Waals surface area contributed by atoms with Gasteiger partial charge in [0.2, 0.25) is 17.7 Å². The maximum absolute atomic E-state index is 13.5. The number of aromatic carboxylic acids is 1. The summed E-state index contributed by atoms with van der Waals surface area (Å²) in [5.41, 5.74) is -0.630. The Labute approximate surface area is 211 Å². The molecule has 0 spiro atoms. The van der Waals surface area contributed by atoms with Gasteiger partial charge in [0.1, 0.15) is 23.2 Å². The molecule has 10 nitrogen and oxygen atoms in total. The monoisotopic (exact) mass is 508 g/mol. The number of carbonyl (C=O) groups excluding carboxylic acids is 1. The first kappa shape index (κ1) is 25.5. The molecular formula is C26H25FN4O6. The number of carboxylic acid groups (broad SMARTS) is 1. The molecule has 0 saturated carbocycles. The van der Waals surface area contributed by atoms with Gasteiger partial charge in [0.25, 0.3) is 0 Å². The highest BCUT2D eigenvalue weighted by Crippen LogP contribution is 2.31. The lowest BCUT2D eigenvalue weighted by atomic mass is 9.92. The molecule has 0 aliphatic heterocycles. The molecule has 0 aliphatic carbocycles. The fraction of sp³-hybridized carbons (Fsp3) is 0.269. The maximum atomic E-state index is 13.5. The van der Waals surface area contributed by atoms with Crippen LogP contribution in [0.2, 0.25) is 0 Å². The number of alkyl carbamates (subject to hydrolysis) is 1. The van der Waals surface area contributed by atoms with Gasteiger partial charge in [-0.3, -0.25) is 0 Å². The topological polar surface area (TPSA) is 141 Å². The Balaban J connectivity index is 1.73. The van der Waals surface area contributed by atoms with Crippen LogP contribution in [0.25, 0.3) is 22.9 Å². The lowest BCUT2D eigenvalue weighted by molar-refractivity contribution is 0.0443. The molecule has 192 valence electrons. The third-order valence-electron chi connectivity index (χ3n) is 5.25. The number of halogens is 1. The van der Waals surface area contributed by atoms with Crippen molar-refractivity contribution in [3.05, 3.63) is 77.8 Å². The van der Waals surface area contributed by atoms with Crippen LogP contribution in [0.5, 0.6) is 0 Å². The van der Waals surface area contributed by atoms with Gasteiger partial charge in [-0.1, -0.05) is 12.1 Å². The minimum absolute atomic E-state index is 0.0159. The lowest BCUT2D eigenvalue weighted by Crippen LogP contribution is -2.47. The zero-order valence-corrected chi connectivity index (χ0v) is 20.6. The number of aromatic nitrogens is 3. The number of oxazole rings is 1. The zero-order chi connectivity index (χ0) is 26.8. The summed E-state index contributed by atoms with van der Waals surface area (Å²) in [5.74, 6) is -1.29. The van der Waals surface area contributed by atoms with E-state index in [1.165, 1.54) is 36.7 Å². The van der Waals surface area contributed by atoms with Gasteiger partial charge in [0.15, 0.2) is 0 Å². The van der Waals surface area contributed by atoms with Crippen molar-refractivity contribution in [2.24, 2.45) is 0 Å². The van der Waals surface area contributed by atoms with Crippen LogP contribution in [-0.2, 0) is 16.7 Å². The van der Waals surface area contributed by atoms with Gasteiger partial charge in [0, 0.05) is 17.5 Å². The van der Waals surface area contributed by atoms with E-state index in [1.54, 1.807) is 45.9 Å². The molecule has 2 aromatic carbocycles. The van der Waals surface area contributed by atoms with Crippen molar-refractivity contribution >= 4 is 12.1 Å². The highest BCUT2D eigenvalue weighted by atomic mass is 19.1. The molecule has 2 N–H and O–H groups in total. The molecule has 0 radical (unpaired) electrons. The summed E-state index contributed by atoms with van der Waals surface area (Å²) in [6, 6.07) is 10.2. The molecule has 37 heavy (non-hydrogen) atoms. The van der Waals surface area contributed by atoms with Crippen molar-refractivity contribution in [1.29, 1.82) is 0 Å². The molecule has 2 aromatic heterocycles. The highest BCUT2D eigenvalue weighted by Gasteiger charge is 2.37. The van der Waals surface area contributed by atoms with Crippen molar-refractivity contribution in [2.45, 2.75) is 45.3 Å². The standard InChI is InChI=1S/C26H25FN4O6/c1-25(2,3)37-24(34)29-26(4,14-15-5-7-19(27)8-6-15)23-31-30-21(36-23)17-11-16(20-28-9-10-35-20)12-18(13-17)22(32)33/h5-13H,14H2,1-4H3,(H,29,34)(H,32,33)/t26-/m1/s1. The number of carboxylic acids is 1. The van der Waals surface area contributed by atoms with Crippen LogP contribution in [0.3, 0.4) is 0 Å². The molecule has 4 rings (SSSR count). The van der Waals surface area contributed by atoms with Crippen LogP contribution in [0.4, 0.5) is 9.18 Å². The lowest BCUT2D eigenvalue weighted by Gasteiger charge is -2.29. The first-order valence-electron chi connectivity index (χ1n) is 11.3. The third-order valence-corrected chi connectivity index (χ3v) is 5.25. The Morgan fingerprint density at radius 1 is 1.03 bits per heavy atom. The van der Waals surface area contributed by atoms with Crippen molar-refractivity contribution in [3.8, 4) is 22.9 Å². The Kier molecular flexibility index (Phi) is 6.80. The van der Waals surface area contributed by atoms with Crippen LogP contribution < -0.4 is 5.32 Å². The summed E-state index contributed by atoms with van der Waals surface area (Å²) in [5, 5.41) is 20.6. The number of benzene rings is 2. The Bertz CT molecular complexity index is 1410. The third kappa shape index (κ3) is 6.18. The van der Waals surface area contributed by atoms with E-state index in [0.29, 0.717) is 16.7 Å². The van der Waals surface area contributed by atoms with E-state index in [2.05, 4.69) is 20.5 Å². The summed E-state index contributed by atoms with van der Waals surface area (Å²) >= 11 is 0. The minimum atomic E-state index is -1.25. The molecule has 1 atom stereocenters. The van der Waals surface area contributed by atoms with E-state index in [0.717, 1.165) is 0 Å². The summed E-state index contributed by atoms with van der Waals surface area (Å²) < 4.78 is 30.2. The highest BCUT2D eigenvalue weighted by molar-refractivity contribution is 5.91. The summed E-state index contributed by atoms with van der Waals surface area (Å²) in [6.07, 6.45) is 2.27. The predicted octanol–water partition coefficient (Wildman–Crippen LogP) is 5.21. The smallest absolute Gasteiger partial charge is 0.408 e. The van der Waals surface area contributed by atoms with E-state index >= 15 is 0 Å². The second kappa shape index (κ2) is 9.84. The van der Waals surface area contributed by atoms with Crippen molar-refractivity contribution in [3.63, 3.8) is 0 Å². The number of ether oxygens (including phenoxy) is 1. The van der Waals surface area contributed by atoms with Gasteiger partial charge in [-0.05, 0) is 63.6 Å². The molecule has 0 fully saturated rings. The Morgan fingerprint density at radius 3 is 2.30 bits per heavy atom. The van der Waals surface area contributed by atoms with Crippen LogP contribution in [0, 0.1) is 5.82 Å². The van der Waals surface area contributed by atoms with E-state index in [-0.39, 0.29) is 29.7 Å². The predicted molar refractivity (Wildman–Crippen MR) is 129 cm³/mol. The average Bonchev–Trinajstić information content (AvgIpc) is 3.52. The average molecular weight is 509 g/mol. The number of carbonyl (C=O) groups is 2. The van der Waals surface area contributed by atoms with Crippen LogP contribution in [-0.4, -0.2) is 38.0 Å². The second-order valence-corrected chi connectivity index (χ2v) is 9.62. The second-order valence-electron chi connectivity index (χ2n) is 9.62. The Hall–Kier alpha value is -4.54. The first-order chi connectivity index (χ1) is 17.4. The minimum Gasteiger partial charge on any atom is -0.478 e. The molecule has 0 saturated heterocycles.